The Morgan fingerprint density at radius 1 is 0.426 bits per heavy atom. The number of aliphatic hydroxyl groups excluding tert-OH is 1. The zero-order valence-corrected chi connectivity index (χ0v) is 56.7. The highest BCUT2D eigenvalue weighted by Crippen LogP contribution is 2.24. The Balaban J connectivity index is 0.000000163. The summed E-state index contributed by atoms with van der Waals surface area (Å²) in [6, 6.07) is 62.7. The number of aromatic nitrogens is 12. The predicted molar refractivity (Wildman–Crippen MR) is 397 cm³/mol. The summed E-state index contributed by atoms with van der Waals surface area (Å²) in [6.45, 7) is 7.03. The topological polar surface area (TPSA) is 349 Å². The van der Waals surface area contributed by atoms with E-state index in [1.54, 1.807) is 57.9 Å². The Hall–Kier alpha value is -12.8. The summed E-state index contributed by atoms with van der Waals surface area (Å²) >= 11 is 0. The average Bonchev–Trinajstić information content (AvgIpc) is 0.835. The van der Waals surface area contributed by atoms with E-state index < -0.39 is 0 Å². The van der Waals surface area contributed by atoms with Crippen LogP contribution in [0.2, 0.25) is 0 Å². The van der Waals surface area contributed by atoms with Gasteiger partial charge in [0.1, 0.15) is 17.5 Å². The summed E-state index contributed by atoms with van der Waals surface area (Å²) < 4.78 is 4.33. The Morgan fingerprint density at radius 2 is 0.743 bits per heavy atom. The number of nitrogens with two attached hydrogens (primary N) is 1. The largest absolute Gasteiger partial charge is 0.392 e. The van der Waals surface area contributed by atoms with Crippen molar-refractivity contribution in [1.82, 2.24) is 58.6 Å². The Kier molecular flexibility index (Phi) is 24.6. The molecule has 26 nitrogen and oxygen atoms in total. The van der Waals surface area contributed by atoms with Crippen LogP contribution in [-0.4, -0.2) is 81.8 Å². The molecule has 6 heterocycles. The first-order valence-corrected chi connectivity index (χ1v) is 32.6. The summed E-state index contributed by atoms with van der Waals surface area (Å²) in [7, 11) is 4.99. The number of benzene rings is 6. The monoisotopic (exact) mass is 1350 g/mol. The van der Waals surface area contributed by atoms with E-state index >= 15 is 0 Å². The molecule has 6 aromatic carbocycles. The van der Waals surface area contributed by atoms with Gasteiger partial charge in [-0.05, 0) is 97.1 Å². The number of azide groups is 1. The zero-order chi connectivity index (χ0) is 71.0. The number of aliphatic hydroxyl groups is 1. The van der Waals surface area contributed by atoms with Crippen LogP contribution in [-0.2, 0) is 60.1 Å². The van der Waals surface area contributed by atoms with Gasteiger partial charge >= 0.3 is 0 Å². The van der Waals surface area contributed by atoms with Crippen molar-refractivity contribution in [2.24, 2.45) is 32.0 Å². The first kappa shape index (κ1) is 71.0. The van der Waals surface area contributed by atoms with Gasteiger partial charge in [-0.1, -0.05) is 169 Å². The maximum Gasteiger partial charge on any atom is 0.255 e. The second kappa shape index (κ2) is 34.9. The quantitative estimate of drug-likeness (QED) is 0.0150. The lowest BCUT2D eigenvalue weighted by molar-refractivity contribution is 0.281. The van der Waals surface area contributed by atoms with Crippen LogP contribution in [0.4, 0.5) is 53.1 Å². The van der Waals surface area contributed by atoms with E-state index in [9.17, 15) is 19.5 Å². The van der Waals surface area contributed by atoms with Crippen molar-refractivity contribution < 1.29 is 5.11 Å². The molecule has 0 fully saturated rings. The molecule has 3 unspecified atom stereocenters. The van der Waals surface area contributed by atoms with Crippen molar-refractivity contribution in [2.45, 2.75) is 77.9 Å². The van der Waals surface area contributed by atoms with Crippen LogP contribution in [0.25, 0.3) is 44.2 Å². The highest BCUT2D eigenvalue weighted by Gasteiger charge is 2.16. The van der Waals surface area contributed by atoms with Gasteiger partial charge in [-0.3, -0.25) is 28.1 Å². The van der Waals surface area contributed by atoms with Gasteiger partial charge in [0.25, 0.3) is 16.7 Å². The Bertz CT molecular complexity index is 4770. The predicted octanol–water partition coefficient (Wildman–Crippen LogP) is 11.8. The normalized spacial score (nSPS) is 11.6. The molecule has 101 heavy (non-hydrogen) atoms. The Labute approximate surface area is 583 Å². The van der Waals surface area contributed by atoms with E-state index in [4.69, 9.17) is 11.3 Å². The van der Waals surface area contributed by atoms with Crippen molar-refractivity contribution in [1.29, 1.82) is 0 Å². The Morgan fingerprint density at radius 3 is 1.08 bits per heavy atom. The minimum atomic E-state index is -0.176. The third-order valence-corrected chi connectivity index (χ3v) is 15.8. The van der Waals surface area contributed by atoms with Gasteiger partial charge in [0.2, 0.25) is 35.7 Å². The molecule has 0 radical (unpaired) electrons. The molecule has 12 aromatic rings. The third-order valence-electron chi connectivity index (χ3n) is 15.8. The molecule has 0 spiro atoms. The van der Waals surface area contributed by atoms with Gasteiger partial charge in [0, 0.05) is 104 Å². The first-order valence-electron chi connectivity index (χ1n) is 32.6. The van der Waals surface area contributed by atoms with Gasteiger partial charge in [0.15, 0.2) is 0 Å². The van der Waals surface area contributed by atoms with Gasteiger partial charge in [-0.25, -0.2) is 29.9 Å². The molecule has 26 heteroatoms. The molecule has 0 aliphatic rings. The summed E-state index contributed by atoms with van der Waals surface area (Å²) in [5, 5.41) is 32.3. The van der Waals surface area contributed by atoms with Crippen LogP contribution < -0.4 is 54.3 Å². The molecular weight excluding hydrogens is 1270 g/mol. The van der Waals surface area contributed by atoms with Gasteiger partial charge in [-0.2, -0.15) is 15.0 Å². The average molecular weight is 1350 g/mol. The molecular formula is C75H78N22O4. The number of anilines is 9. The summed E-state index contributed by atoms with van der Waals surface area (Å²) in [4.78, 5) is 80.7. The SMILES string of the molecule is CC(Cc1cccc(CN)c1)Nc1nccc(Nc2nc(-c3ccccc3)cc(=O)n2C)n1.CC(Cc1cccc(CN=[N+]=[N-])c1)Nc1nccc(Nc2nc(-c3ccccc3)cc(=O)n2C)n1.CC(Cc1cccc(CO)c1)Nc1nccc(Nc2nc(-c3ccccc3)cc(=O)n2C)n1. The van der Waals surface area contributed by atoms with Gasteiger partial charge in [0.05, 0.1) is 30.2 Å². The third kappa shape index (κ3) is 20.6. The van der Waals surface area contributed by atoms with Crippen LogP contribution in [0.15, 0.2) is 238 Å². The molecule has 0 saturated heterocycles. The lowest BCUT2D eigenvalue weighted by Gasteiger charge is -2.15. The smallest absolute Gasteiger partial charge is 0.255 e. The summed E-state index contributed by atoms with van der Waals surface area (Å²) in [5.41, 5.74) is 24.5. The molecule has 12 rings (SSSR count). The van der Waals surface area contributed by atoms with E-state index in [0.717, 1.165) is 63.8 Å². The van der Waals surface area contributed by atoms with E-state index in [2.05, 4.69) is 106 Å². The molecule has 0 aliphatic carbocycles. The lowest BCUT2D eigenvalue weighted by atomic mass is 10.0. The van der Waals surface area contributed by atoms with Crippen molar-refractivity contribution in [3.05, 3.63) is 294 Å². The number of hydrogen-bond donors (Lipinski definition) is 8. The maximum absolute atomic E-state index is 12.5. The van der Waals surface area contributed by atoms with Crippen LogP contribution in [0.3, 0.4) is 0 Å². The minimum absolute atomic E-state index is 0.0223. The van der Waals surface area contributed by atoms with Gasteiger partial charge < -0.3 is 42.7 Å². The molecule has 0 bridgehead atoms. The lowest BCUT2D eigenvalue weighted by Crippen LogP contribution is -2.22. The van der Waals surface area contributed by atoms with E-state index in [0.29, 0.717) is 83.3 Å². The molecule has 6 aromatic heterocycles. The van der Waals surface area contributed by atoms with Crippen molar-refractivity contribution in [3.63, 3.8) is 0 Å². The van der Waals surface area contributed by atoms with Crippen molar-refractivity contribution in [2.75, 3.05) is 31.9 Å². The van der Waals surface area contributed by atoms with Crippen molar-refractivity contribution >= 4 is 53.1 Å². The second-order valence-corrected chi connectivity index (χ2v) is 23.8. The summed E-state index contributed by atoms with van der Waals surface area (Å²) in [6.07, 6.45) is 7.26. The van der Waals surface area contributed by atoms with Crippen LogP contribution >= 0.6 is 0 Å². The molecule has 0 saturated carbocycles. The fourth-order valence-electron chi connectivity index (χ4n) is 10.6. The van der Waals surface area contributed by atoms with E-state index in [-0.39, 0.29) is 41.4 Å². The maximum atomic E-state index is 12.5. The molecule has 0 amide bonds. The fraction of sp³-hybridized carbons (Fsp3) is 0.200. The molecule has 3 atom stereocenters. The zero-order valence-electron chi connectivity index (χ0n) is 56.7. The van der Waals surface area contributed by atoms with Gasteiger partial charge in [-0.15, -0.1) is 0 Å². The second-order valence-electron chi connectivity index (χ2n) is 23.8. The first-order chi connectivity index (χ1) is 49.0. The highest BCUT2D eigenvalue weighted by molar-refractivity contribution is 5.64. The number of nitrogens with zero attached hydrogens (tertiary/aromatic N) is 15. The molecule has 9 N–H and O–H groups in total. The standard InChI is InChI=1S/C25H25N9O.C25H27N7O.C25H26N6O2/c1-17(13-18-7-6-8-19(14-18)16-28-33-26)29-24-27-12-11-22(31-24)32-25-30-21(15-23(35)34(25)2)20-9-4-3-5-10-20;1-17(13-18-7-6-8-19(14-18)16-26)28-24-27-12-11-22(30-24)31-25-29-21(15-23(33)32(25)2)20-9-4-3-5-10-20;1-17(13-18-7-6-8-19(14-18)16-32)27-24-26-12-11-22(29-24)30-25-28-21(15-23(33)31(25)2)20-9-4-3-5-10-20/h3-12,14-15,17H,13,16H2,1-2H3,(H2,27,29,30,31,32);3-12,14-15,17H,13,16,26H2,1-2H3,(H2,27,28,29,30,31);3-12,14-15,17,32H,13,16H2,1-2H3,(H2,26,27,28,29,30). The minimum Gasteiger partial charge on any atom is -0.392 e. The van der Waals surface area contributed by atoms with Crippen LogP contribution in [0, 0.1) is 0 Å². The highest BCUT2D eigenvalue weighted by atomic mass is 16.3. The number of nitrogens with one attached hydrogen (secondary N) is 6. The fourth-order valence-corrected chi connectivity index (χ4v) is 10.6. The number of rotatable bonds is 25. The van der Waals surface area contributed by atoms with Crippen LogP contribution in [0.5, 0.6) is 0 Å². The molecule has 0 aliphatic heterocycles. The van der Waals surface area contributed by atoms with Crippen LogP contribution in [0.1, 0.15) is 54.2 Å². The van der Waals surface area contributed by atoms with E-state index in [1.807, 2.05) is 166 Å². The van der Waals surface area contributed by atoms with E-state index in [1.165, 1.54) is 37.5 Å². The van der Waals surface area contributed by atoms with Crippen molar-refractivity contribution in [3.8, 4) is 33.8 Å². The molecule has 512 valence electrons. The summed E-state index contributed by atoms with van der Waals surface area (Å²) in [5.74, 6) is 4.16. The number of hydrogen-bond acceptors (Lipinski definition) is 21.